The quantitative estimate of drug-likeness (QED) is 0.895. The zero-order chi connectivity index (χ0) is 14.1. The first-order chi connectivity index (χ1) is 9.67. The summed E-state index contributed by atoms with van der Waals surface area (Å²) < 4.78 is 11.5. The fraction of sp³-hybridized carbons (Fsp3) is 0.375. The lowest BCUT2D eigenvalue weighted by Gasteiger charge is -2.35. The fourth-order valence-electron chi connectivity index (χ4n) is 2.62. The molecule has 2 aliphatic rings. The summed E-state index contributed by atoms with van der Waals surface area (Å²) in [5.41, 5.74) is 0. The number of allylic oxidation sites excluding steroid dienone is 2. The highest BCUT2D eigenvalue weighted by molar-refractivity contribution is 8.00. The summed E-state index contributed by atoms with van der Waals surface area (Å²) in [6, 6.07) is 5.96. The van der Waals surface area contributed by atoms with Crippen LogP contribution in [0.5, 0.6) is 11.5 Å². The molecule has 3 nitrogen and oxygen atoms in total. The number of rotatable bonds is 2. The van der Waals surface area contributed by atoms with Crippen molar-refractivity contribution in [3.05, 3.63) is 42.2 Å². The summed E-state index contributed by atoms with van der Waals surface area (Å²) >= 11 is 1.84. The Morgan fingerprint density at radius 1 is 1.40 bits per heavy atom. The maximum absolute atomic E-state index is 9.43. The van der Waals surface area contributed by atoms with Crippen molar-refractivity contribution in [1.29, 1.82) is 0 Å². The smallest absolute Gasteiger partial charge is 0.137 e. The molecule has 0 saturated carbocycles. The third kappa shape index (κ3) is 2.52. The van der Waals surface area contributed by atoms with E-state index in [1.807, 2.05) is 42.1 Å². The molecule has 1 aromatic rings. The molecule has 20 heavy (non-hydrogen) atoms. The molecule has 0 amide bonds. The first kappa shape index (κ1) is 13.4. The van der Waals surface area contributed by atoms with Crippen molar-refractivity contribution < 1.29 is 14.6 Å². The first-order valence-electron chi connectivity index (χ1n) is 6.76. The zero-order valence-electron chi connectivity index (χ0n) is 11.6. The first-order valence-corrected chi connectivity index (χ1v) is 7.64. The normalized spacial score (nSPS) is 28.3. The van der Waals surface area contributed by atoms with Gasteiger partial charge in [0.15, 0.2) is 0 Å². The number of methoxy groups -OCH3 is 1. The topological polar surface area (TPSA) is 38.7 Å². The van der Waals surface area contributed by atoms with Gasteiger partial charge in [0.2, 0.25) is 0 Å². The lowest BCUT2D eigenvalue weighted by molar-refractivity contribution is 0.146. The van der Waals surface area contributed by atoms with Crippen molar-refractivity contribution in [3.63, 3.8) is 0 Å². The molecule has 106 valence electrons. The summed E-state index contributed by atoms with van der Waals surface area (Å²) in [6.07, 6.45) is 6.59. The zero-order valence-corrected chi connectivity index (χ0v) is 12.4. The third-order valence-electron chi connectivity index (χ3n) is 3.72. The Hall–Kier alpha value is -1.55. The van der Waals surface area contributed by atoms with Crippen molar-refractivity contribution in [2.75, 3.05) is 7.11 Å². The van der Waals surface area contributed by atoms with Crippen LogP contribution in [0.4, 0.5) is 0 Å². The number of benzene rings is 1. The molecule has 0 aromatic heterocycles. The van der Waals surface area contributed by atoms with Gasteiger partial charge >= 0.3 is 0 Å². The minimum atomic E-state index is 0.111. The highest BCUT2D eigenvalue weighted by atomic mass is 32.2. The van der Waals surface area contributed by atoms with E-state index >= 15 is 0 Å². The Kier molecular flexibility index (Phi) is 3.66. The molecule has 0 fully saturated rings. The van der Waals surface area contributed by atoms with E-state index in [-0.39, 0.29) is 6.10 Å². The van der Waals surface area contributed by atoms with Gasteiger partial charge in [-0.05, 0) is 37.6 Å². The van der Waals surface area contributed by atoms with E-state index in [0.717, 1.165) is 22.8 Å². The fourth-order valence-corrected chi connectivity index (χ4v) is 3.78. The maximum Gasteiger partial charge on any atom is 0.137 e. The molecule has 1 N–H and O–H groups in total. The van der Waals surface area contributed by atoms with E-state index < -0.39 is 0 Å². The van der Waals surface area contributed by atoms with Crippen molar-refractivity contribution in [1.82, 2.24) is 0 Å². The van der Waals surface area contributed by atoms with Gasteiger partial charge in [-0.3, -0.25) is 0 Å². The molecule has 1 heterocycles. The van der Waals surface area contributed by atoms with E-state index in [1.165, 1.54) is 0 Å². The predicted molar refractivity (Wildman–Crippen MR) is 80.7 cm³/mol. The van der Waals surface area contributed by atoms with Crippen LogP contribution in [0.15, 0.2) is 47.1 Å². The Morgan fingerprint density at radius 2 is 2.25 bits per heavy atom. The molecule has 0 spiro atoms. The number of fused-ring (bicyclic) bond motifs is 1. The van der Waals surface area contributed by atoms with Crippen LogP contribution in [-0.4, -0.2) is 23.6 Å². The molecule has 0 radical (unpaired) electrons. The minimum absolute atomic E-state index is 0.111. The number of aliphatic hydroxyl groups is 1. The van der Waals surface area contributed by atoms with Crippen LogP contribution in [-0.2, 0) is 0 Å². The van der Waals surface area contributed by atoms with Crippen LogP contribution in [0.25, 0.3) is 0 Å². The van der Waals surface area contributed by atoms with E-state index in [2.05, 4.69) is 6.92 Å². The number of ether oxygens (including phenoxy) is 2. The second kappa shape index (κ2) is 5.44. The number of hydrogen-bond donors (Lipinski definition) is 1. The minimum Gasteiger partial charge on any atom is -0.508 e. The molecular formula is C16H18O3S. The summed E-state index contributed by atoms with van der Waals surface area (Å²) in [5.74, 6) is 2.35. The Labute approximate surface area is 123 Å². The molecule has 4 heteroatoms. The van der Waals surface area contributed by atoms with Gasteiger partial charge in [-0.1, -0.05) is 6.08 Å². The monoisotopic (exact) mass is 290 g/mol. The van der Waals surface area contributed by atoms with Gasteiger partial charge in [0, 0.05) is 17.2 Å². The maximum atomic E-state index is 9.43. The van der Waals surface area contributed by atoms with Crippen LogP contribution in [0.1, 0.15) is 13.3 Å². The van der Waals surface area contributed by atoms with E-state index in [0.29, 0.717) is 16.9 Å². The summed E-state index contributed by atoms with van der Waals surface area (Å²) in [5, 5.41) is 9.80. The van der Waals surface area contributed by atoms with Crippen molar-refractivity contribution in [2.45, 2.75) is 29.6 Å². The van der Waals surface area contributed by atoms with E-state index in [9.17, 15) is 5.11 Å². The molecule has 1 aliphatic carbocycles. The summed E-state index contributed by atoms with van der Waals surface area (Å²) in [6.45, 7) is 2.19. The van der Waals surface area contributed by atoms with Crippen molar-refractivity contribution >= 4 is 11.8 Å². The summed E-state index contributed by atoms with van der Waals surface area (Å²) in [7, 11) is 1.66. The Balaban J connectivity index is 1.83. The van der Waals surface area contributed by atoms with Gasteiger partial charge in [0.1, 0.15) is 23.4 Å². The number of thioether (sulfide) groups is 1. The number of aliphatic hydroxyl groups excluding tert-OH is 1. The van der Waals surface area contributed by atoms with Gasteiger partial charge < -0.3 is 14.6 Å². The van der Waals surface area contributed by atoms with Gasteiger partial charge in [-0.25, -0.2) is 0 Å². The summed E-state index contributed by atoms with van der Waals surface area (Å²) in [4.78, 5) is 1.16. The average molecular weight is 290 g/mol. The Morgan fingerprint density at radius 3 is 2.95 bits per heavy atom. The standard InChI is InChI=1S/C16H18O3S/c1-10-16(11-3-5-12(17)6-4-11)19-14-9-13(18-2)7-8-15(14)20-10/h3,5-11,16-17H,4H2,1-2H3/t10-,11?,16+/m0/s1. The second-order valence-electron chi connectivity index (χ2n) is 5.11. The molecular weight excluding hydrogens is 272 g/mol. The third-order valence-corrected chi connectivity index (χ3v) is 4.96. The van der Waals surface area contributed by atoms with Crippen LogP contribution >= 0.6 is 11.8 Å². The molecule has 3 rings (SSSR count). The van der Waals surface area contributed by atoms with Crippen molar-refractivity contribution in [2.24, 2.45) is 5.92 Å². The van der Waals surface area contributed by atoms with Crippen molar-refractivity contribution in [3.8, 4) is 11.5 Å². The second-order valence-corrected chi connectivity index (χ2v) is 6.52. The molecule has 0 bridgehead atoms. The highest BCUT2D eigenvalue weighted by Gasteiger charge is 2.33. The number of hydrogen-bond acceptors (Lipinski definition) is 4. The highest BCUT2D eigenvalue weighted by Crippen LogP contribution is 2.44. The Bertz CT molecular complexity index is 565. The van der Waals surface area contributed by atoms with E-state index in [4.69, 9.17) is 9.47 Å². The lowest BCUT2D eigenvalue weighted by atomic mass is 9.92. The van der Waals surface area contributed by atoms with Gasteiger partial charge in [0.25, 0.3) is 0 Å². The van der Waals surface area contributed by atoms with E-state index in [1.54, 1.807) is 13.2 Å². The SMILES string of the molecule is COc1ccc2c(c1)O[C@@H](C1C=CC(O)=CC1)[C@H](C)S2. The largest absolute Gasteiger partial charge is 0.508 e. The van der Waals surface area contributed by atoms with Crippen LogP contribution in [0.3, 0.4) is 0 Å². The molecule has 1 aromatic carbocycles. The van der Waals surface area contributed by atoms with Gasteiger partial charge in [0.05, 0.1) is 12.0 Å². The molecule has 1 aliphatic heterocycles. The van der Waals surface area contributed by atoms with Crippen LogP contribution < -0.4 is 9.47 Å². The lowest BCUT2D eigenvalue weighted by Crippen LogP contribution is -2.37. The molecule has 3 atom stereocenters. The predicted octanol–water partition coefficient (Wildman–Crippen LogP) is 3.95. The average Bonchev–Trinajstić information content (AvgIpc) is 2.47. The van der Waals surface area contributed by atoms with Crippen LogP contribution in [0.2, 0.25) is 0 Å². The van der Waals surface area contributed by atoms with Gasteiger partial charge in [-0.15, -0.1) is 11.8 Å². The van der Waals surface area contributed by atoms with Gasteiger partial charge in [-0.2, -0.15) is 0 Å². The molecule has 1 unspecified atom stereocenters. The molecule has 0 saturated heterocycles. The van der Waals surface area contributed by atoms with Crippen LogP contribution in [0, 0.1) is 5.92 Å².